The molecule has 0 bridgehead atoms. The van der Waals surface area contributed by atoms with Crippen molar-refractivity contribution in [3.63, 3.8) is 0 Å². The highest BCUT2D eigenvalue weighted by Gasteiger charge is 2.60. The van der Waals surface area contributed by atoms with Crippen LogP contribution in [0.5, 0.6) is 0 Å². The third-order valence-corrected chi connectivity index (χ3v) is 8.48. The molecule has 5 nitrogen and oxygen atoms in total. The molecule has 5 heteroatoms. The Labute approximate surface area is 173 Å². The number of ketones is 1. The summed E-state index contributed by atoms with van der Waals surface area (Å²) < 4.78 is 5.51. The van der Waals surface area contributed by atoms with E-state index in [9.17, 15) is 14.4 Å². The first kappa shape index (κ1) is 20.4. The third-order valence-electron chi connectivity index (χ3n) is 8.48. The second-order valence-electron chi connectivity index (χ2n) is 10.1. The van der Waals surface area contributed by atoms with Gasteiger partial charge < -0.3 is 10.1 Å². The zero-order valence-corrected chi connectivity index (χ0v) is 18.0. The van der Waals surface area contributed by atoms with Crippen molar-refractivity contribution in [1.29, 1.82) is 0 Å². The fraction of sp³-hybridized carbons (Fsp3) is 0.708. The highest BCUT2D eigenvalue weighted by molar-refractivity contribution is 6.02. The minimum atomic E-state index is -0.303. The minimum Gasteiger partial charge on any atom is -0.462 e. The normalized spacial score (nSPS) is 42.4. The van der Waals surface area contributed by atoms with Gasteiger partial charge in [0.05, 0.1) is 0 Å². The van der Waals surface area contributed by atoms with Gasteiger partial charge in [-0.15, -0.1) is 0 Å². The van der Waals surface area contributed by atoms with Gasteiger partial charge in [0.2, 0.25) is 5.91 Å². The lowest BCUT2D eigenvalue weighted by Crippen LogP contribution is -2.50. The van der Waals surface area contributed by atoms with Gasteiger partial charge in [-0.05, 0) is 61.7 Å². The summed E-state index contributed by atoms with van der Waals surface area (Å²) in [7, 11) is 0. The molecule has 0 aromatic heterocycles. The number of hydrogen-bond donors (Lipinski definition) is 1. The van der Waals surface area contributed by atoms with Crippen LogP contribution in [0.15, 0.2) is 23.4 Å². The van der Waals surface area contributed by atoms with Gasteiger partial charge in [0.15, 0.2) is 5.78 Å². The molecule has 0 aromatic rings. The first-order valence-corrected chi connectivity index (χ1v) is 11.0. The lowest BCUT2D eigenvalue weighted by atomic mass is 9.48. The molecule has 0 unspecified atom stereocenters. The zero-order valence-electron chi connectivity index (χ0n) is 18.0. The average Bonchev–Trinajstić information content (AvgIpc) is 2.91. The summed E-state index contributed by atoms with van der Waals surface area (Å²) in [5.74, 6) is 1.32. The van der Waals surface area contributed by atoms with Crippen molar-refractivity contribution in [2.24, 2.45) is 28.6 Å². The molecule has 6 atom stereocenters. The SMILES string of the molecule is CC(=O)N/C=C1/C[C@H]2[C@@H]3CC=C4C[C@@H](OC(C)=O)CC[C@]4(C)[C@H]3CC[C@]2(C)C1=O. The number of esters is 1. The van der Waals surface area contributed by atoms with E-state index in [1.54, 1.807) is 6.20 Å². The third kappa shape index (κ3) is 3.27. The maximum absolute atomic E-state index is 13.2. The predicted molar refractivity (Wildman–Crippen MR) is 110 cm³/mol. The fourth-order valence-electron chi connectivity index (χ4n) is 6.95. The van der Waals surface area contributed by atoms with Crippen molar-refractivity contribution in [2.75, 3.05) is 0 Å². The van der Waals surface area contributed by atoms with Crippen LogP contribution >= 0.6 is 0 Å². The number of ether oxygens (including phenoxy) is 1. The topological polar surface area (TPSA) is 72.5 Å². The number of carbonyl (C=O) groups is 3. The van der Waals surface area contributed by atoms with Gasteiger partial charge >= 0.3 is 5.97 Å². The number of nitrogens with one attached hydrogen (secondary N) is 1. The number of Topliss-reactive ketones (excluding diaryl/α,β-unsaturated/α-hetero) is 1. The Balaban J connectivity index is 1.59. The Kier molecular flexibility index (Phi) is 4.99. The van der Waals surface area contributed by atoms with Crippen LogP contribution in [-0.2, 0) is 19.1 Å². The van der Waals surface area contributed by atoms with E-state index in [4.69, 9.17) is 4.74 Å². The zero-order chi connectivity index (χ0) is 21.0. The number of rotatable bonds is 2. The van der Waals surface area contributed by atoms with E-state index in [1.807, 2.05) is 0 Å². The first-order chi connectivity index (χ1) is 13.6. The minimum absolute atomic E-state index is 0.0116. The van der Waals surface area contributed by atoms with Crippen molar-refractivity contribution >= 4 is 17.7 Å². The average molecular weight is 400 g/mol. The summed E-state index contributed by atoms with van der Waals surface area (Å²) in [6.45, 7) is 7.50. The quantitative estimate of drug-likeness (QED) is 0.431. The van der Waals surface area contributed by atoms with E-state index >= 15 is 0 Å². The number of carbonyl (C=O) groups excluding carboxylic acids is 3. The van der Waals surface area contributed by atoms with E-state index in [0.29, 0.717) is 17.8 Å². The molecule has 3 saturated carbocycles. The Morgan fingerprint density at radius 2 is 1.83 bits per heavy atom. The van der Waals surface area contributed by atoms with E-state index in [1.165, 1.54) is 19.4 Å². The first-order valence-electron chi connectivity index (χ1n) is 11.0. The molecular formula is C24H33NO4. The maximum Gasteiger partial charge on any atom is 0.302 e. The summed E-state index contributed by atoms with van der Waals surface area (Å²) in [4.78, 5) is 35.9. The molecule has 29 heavy (non-hydrogen) atoms. The molecule has 1 amide bonds. The lowest BCUT2D eigenvalue weighted by molar-refractivity contribution is -0.148. The van der Waals surface area contributed by atoms with Gasteiger partial charge in [0.1, 0.15) is 6.10 Å². The van der Waals surface area contributed by atoms with E-state index in [-0.39, 0.29) is 34.6 Å². The highest BCUT2D eigenvalue weighted by Crippen LogP contribution is 2.64. The summed E-state index contributed by atoms with van der Waals surface area (Å²) in [6, 6.07) is 0. The van der Waals surface area contributed by atoms with Crippen molar-refractivity contribution in [1.82, 2.24) is 5.32 Å². The van der Waals surface area contributed by atoms with Crippen molar-refractivity contribution < 1.29 is 19.1 Å². The molecule has 4 aliphatic rings. The molecule has 4 rings (SSSR count). The van der Waals surface area contributed by atoms with Gasteiger partial charge in [0, 0.05) is 37.5 Å². The Morgan fingerprint density at radius 3 is 2.52 bits per heavy atom. The molecule has 0 heterocycles. The second-order valence-corrected chi connectivity index (χ2v) is 10.1. The molecule has 4 aliphatic carbocycles. The van der Waals surface area contributed by atoms with Gasteiger partial charge in [-0.25, -0.2) is 0 Å². The number of hydrogen-bond acceptors (Lipinski definition) is 4. The Morgan fingerprint density at radius 1 is 1.10 bits per heavy atom. The number of allylic oxidation sites excluding steroid dienone is 2. The van der Waals surface area contributed by atoms with Crippen LogP contribution in [0.2, 0.25) is 0 Å². The van der Waals surface area contributed by atoms with Gasteiger partial charge in [0.25, 0.3) is 0 Å². The van der Waals surface area contributed by atoms with Gasteiger partial charge in [-0.1, -0.05) is 25.5 Å². The molecule has 0 aromatic carbocycles. The molecule has 0 aliphatic heterocycles. The smallest absolute Gasteiger partial charge is 0.302 e. The molecule has 0 radical (unpaired) electrons. The summed E-state index contributed by atoms with van der Waals surface area (Å²) >= 11 is 0. The van der Waals surface area contributed by atoms with E-state index in [0.717, 1.165) is 50.5 Å². The van der Waals surface area contributed by atoms with Crippen molar-refractivity contribution in [3.8, 4) is 0 Å². The van der Waals surface area contributed by atoms with Crippen LogP contribution in [0.1, 0.15) is 72.6 Å². The van der Waals surface area contributed by atoms with Crippen LogP contribution in [0.25, 0.3) is 0 Å². The van der Waals surface area contributed by atoms with Crippen molar-refractivity contribution in [2.45, 2.75) is 78.7 Å². The second kappa shape index (κ2) is 7.10. The predicted octanol–water partition coefficient (Wildman–Crippen LogP) is 4.08. The molecule has 0 saturated heterocycles. The molecule has 0 spiro atoms. The fourth-order valence-corrected chi connectivity index (χ4v) is 6.95. The van der Waals surface area contributed by atoms with Gasteiger partial charge in [-0.3, -0.25) is 14.4 Å². The summed E-state index contributed by atoms with van der Waals surface area (Å²) in [5, 5.41) is 2.71. The van der Waals surface area contributed by atoms with Crippen LogP contribution in [-0.4, -0.2) is 23.8 Å². The molecular weight excluding hydrogens is 366 g/mol. The summed E-state index contributed by atoms with van der Waals surface area (Å²) in [6.07, 6.45) is 10.6. The molecule has 1 N–H and O–H groups in total. The van der Waals surface area contributed by atoms with Crippen LogP contribution < -0.4 is 5.32 Å². The van der Waals surface area contributed by atoms with Crippen LogP contribution in [0, 0.1) is 28.6 Å². The monoisotopic (exact) mass is 399 g/mol. The standard InChI is InChI=1S/C24H33NO4/c1-14(26)25-13-16-11-21-19-6-5-17-12-18(29-15(2)27)7-9-23(17,3)20(19)8-10-24(21,4)22(16)28/h5,13,18-21H,6-12H2,1-4H3,(H,25,26)/b16-13-/t18-,19+,20-,21-,23-,24-/m0/s1. The number of fused-ring (bicyclic) bond motifs is 5. The molecule has 3 fully saturated rings. The number of amides is 1. The highest BCUT2D eigenvalue weighted by atomic mass is 16.5. The molecule has 158 valence electrons. The van der Waals surface area contributed by atoms with Gasteiger partial charge in [-0.2, -0.15) is 0 Å². The van der Waals surface area contributed by atoms with E-state index in [2.05, 4.69) is 25.2 Å². The van der Waals surface area contributed by atoms with Crippen molar-refractivity contribution in [3.05, 3.63) is 23.4 Å². The Hall–Kier alpha value is -1.91. The summed E-state index contributed by atoms with van der Waals surface area (Å²) in [5.41, 5.74) is 2.08. The largest absolute Gasteiger partial charge is 0.462 e. The van der Waals surface area contributed by atoms with Crippen LogP contribution in [0.3, 0.4) is 0 Å². The van der Waals surface area contributed by atoms with Crippen LogP contribution in [0.4, 0.5) is 0 Å². The Bertz CT molecular complexity index is 812. The maximum atomic E-state index is 13.2. The lowest BCUT2D eigenvalue weighted by Gasteiger charge is -2.56. The van der Waals surface area contributed by atoms with E-state index < -0.39 is 0 Å².